The van der Waals surface area contributed by atoms with Crippen LogP contribution >= 0.6 is 0 Å². The average molecular weight is 419 g/mol. The molecular formula is C24H25N3O4. The summed E-state index contributed by atoms with van der Waals surface area (Å²) in [7, 11) is 1.53. The van der Waals surface area contributed by atoms with Crippen molar-refractivity contribution in [3.8, 4) is 11.5 Å². The number of benzene rings is 3. The van der Waals surface area contributed by atoms with E-state index in [0.29, 0.717) is 23.8 Å². The summed E-state index contributed by atoms with van der Waals surface area (Å²) in [4.78, 5) is 24.3. The fraction of sp³-hybridized carbons (Fsp3) is 0.208. The van der Waals surface area contributed by atoms with Gasteiger partial charge in [-0.3, -0.25) is 9.59 Å². The second-order valence-electron chi connectivity index (χ2n) is 6.67. The number of ether oxygens (including phenoxy) is 2. The van der Waals surface area contributed by atoms with Gasteiger partial charge in [0.05, 0.1) is 25.6 Å². The average Bonchev–Trinajstić information content (AvgIpc) is 2.79. The van der Waals surface area contributed by atoms with Crippen LogP contribution in [0.2, 0.25) is 0 Å². The molecule has 3 aromatic rings. The maximum Gasteiger partial charge on any atom is 0.240 e. The molecule has 2 N–H and O–H groups in total. The standard InChI is InChI=1S/C24H25N3O4/c1-3-31-21-13-12-17-8-4-5-9-18(17)19(21)16-25-27-24(29)15-14-23(28)26-20-10-6-7-11-22(20)30-2/h4-13,16H,3,14-15H2,1-2H3,(H,26,28)(H,27,29). The van der Waals surface area contributed by atoms with E-state index in [4.69, 9.17) is 9.47 Å². The van der Waals surface area contributed by atoms with Gasteiger partial charge in [-0.25, -0.2) is 5.43 Å². The number of carbonyl (C=O) groups is 2. The number of carbonyl (C=O) groups excluding carboxylic acids is 2. The highest BCUT2D eigenvalue weighted by Crippen LogP contribution is 2.26. The molecule has 2 amide bonds. The number of hydrazone groups is 1. The highest BCUT2D eigenvalue weighted by Gasteiger charge is 2.10. The summed E-state index contributed by atoms with van der Waals surface area (Å²) in [6, 6.07) is 18.8. The number of methoxy groups -OCH3 is 1. The highest BCUT2D eigenvalue weighted by atomic mass is 16.5. The van der Waals surface area contributed by atoms with E-state index in [0.717, 1.165) is 16.3 Å². The van der Waals surface area contributed by atoms with Gasteiger partial charge in [-0.1, -0.05) is 42.5 Å². The largest absolute Gasteiger partial charge is 0.495 e. The van der Waals surface area contributed by atoms with Crippen molar-refractivity contribution in [3.63, 3.8) is 0 Å². The molecule has 0 fully saturated rings. The van der Waals surface area contributed by atoms with Crippen molar-refractivity contribution in [1.82, 2.24) is 5.43 Å². The summed E-state index contributed by atoms with van der Waals surface area (Å²) in [5.41, 5.74) is 3.83. The minimum Gasteiger partial charge on any atom is -0.495 e. The van der Waals surface area contributed by atoms with Gasteiger partial charge in [-0.15, -0.1) is 0 Å². The summed E-state index contributed by atoms with van der Waals surface area (Å²) in [6.45, 7) is 2.43. The smallest absolute Gasteiger partial charge is 0.240 e. The minimum absolute atomic E-state index is 0.00613. The Balaban J connectivity index is 1.58. The zero-order valence-electron chi connectivity index (χ0n) is 17.6. The fourth-order valence-corrected chi connectivity index (χ4v) is 3.10. The molecule has 0 bridgehead atoms. The molecule has 0 aliphatic carbocycles. The van der Waals surface area contributed by atoms with Gasteiger partial charge >= 0.3 is 0 Å². The number of hydrogen-bond acceptors (Lipinski definition) is 5. The predicted octanol–water partition coefficient (Wildman–Crippen LogP) is 4.12. The van der Waals surface area contributed by atoms with E-state index >= 15 is 0 Å². The Kier molecular flexibility index (Phi) is 7.59. The number of amides is 2. The number of nitrogens with one attached hydrogen (secondary N) is 2. The maximum absolute atomic E-state index is 12.1. The molecule has 3 rings (SSSR count). The first-order valence-corrected chi connectivity index (χ1v) is 10.0. The molecule has 0 aliphatic heterocycles. The molecule has 0 radical (unpaired) electrons. The Labute approximate surface area is 181 Å². The third-order valence-corrected chi connectivity index (χ3v) is 4.57. The third kappa shape index (κ3) is 5.82. The number of anilines is 1. The third-order valence-electron chi connectivity index (χ3n) is 4.57. The first-order valence-electron chi connectivity index (χ1n) is 10.0. The Hall–Kier alpha value is -3.87. The predicted molar refractivity (Wildman–Crippen MR) is 122 cm³/mol. The monoisotopic (exact) mass is 419 g/mol. The summed E-state index contributed by atoms with van der Waals surface area (Å²) in [6.07, 6.45) is 1.60. The van der Waals surface area contributed by atoms with Gasteiger partial charge in [0.25, 0.3) is 0 Å². The van der Waals surface area contributed by atoms with E-state index in [1.807, 2.05) is 49.4 Å². The second kappa shape index (κ2) is 10.8. The van der Waals surface area contributed by atoms with Crippen molar-refractivity contribution in [2.75, 3.05) is 19.0 Å². The van der Waals surface area contributed by atoms with Crippen LogP contribution in [0.5, 0.6) is 11.5 Å². The van der Waals surface area contributed by atoms with Crippen LogP contribution in [-0.2, 0) is 9.59 Å². The Morgan fingerprint density at radius 3 is 2.48 bits per heavy atom. The van der Waals surface area contributed by atoms with Crippen LogP contribution in [0.1, 0.15) is 25.3 Å². The summed E-state index contributed by atoms with van der Waals surface area (Å²) >= 11 is 0. The molecule has 7 heteroatoms. The molecule has 160 valence electrons. The van der Waals surface area contributed by atoms with Crippen molar-refractivity contribution in [3.05, 3.63) is 66.2 Å². The molecule has 31 heavy (non-hydrogen) atoms. The molecule has 0 saturated carbocycles. The zero-order chi connectivity index (χ0) is 22.1. The van der Waals surface area contributed by atoms with Gasteiger partial charge in [0.1, 0.15) is 11.5 Å². The first kappa shape index (κ1) is 21.8. The minimum atomic E-state index is -0.357. The Morgan fingerprint density at radius 1 is 0.935 bits per heavy atom. The van der Waals surface area contributed by atoms with E-state index in [1.165, 1.54) is 7.11 Å². The number of para-hydroxylation sites is 2. The van der Waals surface area contributed by atoms with Crippen molar-refractivity contribution in [1.29, 1.82) is 0 Å². The fourth-order valence-electron chi connectivity index (χ4n) is 3.10. The lowest BCUT2D eigenvalue weighted by Gasteiger charge is -2.10. The molecule has 0 saturated heterocycles. The van der Waals surface area contributed by atoms with Crippen LogP contribution in [-0.4, -0.2) is 31.7 Å². The van der Waals surface area contributed by atoms with Crippen molar-refractivity contribution in [2.24, 2.45) is 5.10 Å². The summed E-state index contributed by atoms with van der Waals surface area (Å²) < 4.78 is 10.9. The molecule has 3 aromatic carbocycles. The molecule has 0 spiro atoms. The van der Waals surface area contributed by atoms with E-state index in [9.17, 15) is 9.59 Å². The first-order chi connectivity index (χ1) is 15.1. The quantitative estimate of drug-likeness (QED) is 0.403. The van der Waals surface area contributed by atoms with Crippen LogP contribution in [0, 0.1) is 0 Å². The molecule has 0 heterocycles. The van der Waals surface area contributed by atoms with Gasteiger partial charge in [-0.2, -0.15) is 5.10 Å². The van der Waals surface area contributed by atoms with Gasteiger partial charge < -0.3 is 14.8 Å². The lowest BCUT2D eigenvalue weighted by atomic mass is 10.0. The van der Waals surface area contributed by atoms with Crippen molar-refractivity contribution in [2.45, 2.75) is 19.8 Å². The zero-order valence-corrected chi connectivity index (χ0v) is 17.6. The Bertz CT molecular complexity index is 1100. The molecule has 0 aromatic heterocycles. The van der Waals surface area contributed by atoms with E-state index in [-0.39, 0.29) is 24.7 Å². The molecular weight excluding hydrogens is 394 g/mol. The lowest BCUT2D eigenvalue weighted by molar-refractivity contribution is -0.124. The number of fused-ring (bicyclic) bond motifs is 1. The number of hydrogen-bond donors (Lipinski definition) is 2. The molecule has 0 atom stereocenters. The molecule has 7 nitrogen and oxygen atoms in total. The lowest BCUT2D eigenvalue weighted by Crippen LogP contribution is -2.20. The van der Waals surface area contributed by atoms with Crippen molar-refractivity contribution >= 4 is 34.5 Å². The van der Waals surface area contributed by atoms with Crippen LogP contribution in [0.3, 0.4) is 0 Å². The van der Waals surface area contributed by atoms with Crippen molar-refractivity contribution < 1.29 is 19.1 Å². The van der Waals surface area contributed by atoms with Crippen LogP contribution in [0.15, 0.2) is 65.8 Å². The maximum atomic E-state index is 12.1. The Morgan fingerprint density at radius 2 is 1.68 bits per heavy atom. The van der Waals surface area contributed by atoms with Crippen LogP contribution < -0.4 is 20.2 Å². The summed E-state index contributed by atoms with van der Waals surface area (Å²) in [5.74, 6) is 0.612. The van der Waals surface area contributed by atoms with Gasteiger partial charge in [-0.05, 0) is 35.9 Å². The van der Waals surface area contributed by atoms with Gasteiger partial charge in [0, 0.05) is 18.4 Å². The van der Waals surface area contributed by atoms with Gasteiger partial charge in [0.15, 0.2) is 0 Å². The van der Waals surface area contributed by atoms with E-state index in [1.54, 1.807) is 24.4 Å². The SMILES string of the molecule is CCOc1ccc2ccccc2c1C=NNC(=O)CCC(=O)Nc1ccccc1OC. The molecule has 0 unspecified atom stereocenters. The van der Waals surface area contributed by atoms with Crippen LogP contribution in [0.4, 0.5) is 5.69 Å². The van der Waals surface area contributed by atoms with Crippen LogP contribution in [0.25, 0.3) is 10.8 Å². The molecule has 0 aliphatic rings. The van der Waals surface area contributed by atoms with Gasteiger partial charge in [0.2, 0.25) is 11.8 Å². The normalized spacial score (nSPS) is 10.8. The second-order valence-corrected chi connectivity index (χ2v) is 6.67. The number of nitrogens with zero attached hydrogens (tertiary/aromatic N) is 1. The number of rotatable bonds is 9. The summed E-state index contributed by atoms with van der Waals surface area (Å²) in [5, 5.41) is 8.83. The van der Waals surface area contributed by atoms with E-state index in [2.05, 4.69) is 15.8 Å². The topological polar surface area (TPSA) is 89.0 Å². The highest BCUT2D eigenvalue weighted by molar-refractivity contribution is 6.02. The van der Waals surface area contributed by atoms with E-state index < -0.39 is 0 Å².